The summed E-state index contributed by atoms with van der Waals surface area (Å²) in [4.78, 5) is 10.5. The molecule has 10 rings (SSSR count). The van der Waals surface area contributed by atoms with Gasteiger partial charge in [-0.15, -0.1) is 0 Å². The summed E-state index contributed by atoms with van der Waals surface area (Å²) < 4.78 is 6.14. The Kier molecular flexibility index (Phi) is 6.22. The minimum Gasteiger partial charge on any atom is -0.456 e. The number of fused-ring (bicyclic) bond motifs is 7. The molecule has 0 fully saturated rings. The van der Waals surface area contributed by atoms with Gasteiger partial charge >= 0.3 is 0 Å². The van der Waals surface area contributed by atoms with Crippen molar-refractivity contribution in [3.63, 3.8) is 0 Å². The molecule has 236 valence electrons. The number of nitrogens with zero attached hydrogens (tertiary/aromatic N) is 2. The van der Waals surface area contributed by atoms with Crippen LogP contribution in [-0.4, -0.2) is 9.97 Å². The van der Waals surface area contributed by atoms with Gasteiger partial charge in [-0.05, 0) is 86.6 Å². The Morgan fingerprint density at radius 1 is 0.400 bits per heavy atom. The summed E-state index contributed by atoms with van der Waals surface area (Å²) in [5, 5.41) is 4.48. The minimum absolute atomic E-state index is 0.0639. The summed E-state index contributed by atoms with van der Waals surface area (Å²) in [5.41, 5.74) is 14.4. The van der Waals surface area contributed by atoms with E-state index in [1.165, 1.54) is 38.8 Å². The second-order valence-corrected chi connectivity index (χ2v) is 13.8. The zero-order chi connectivity index (χ0) is 33.4. The van der Waals surface area contributed by atoms with Crippen molar-refractivity contribution in [3.05, 3.63) is 169 Å². The maximum atomic E-state index is 6.14. The summed E-state index contributed by atoms with van der Waals surface area (Å²) in [7, 11) is 0. The molecule has 0 spiro atoms. The van der Waals surface area contributed by atoms with Crippen LogP contribution in [0.3, 0.4) is 0 Å². The molecule has 2 aromatic heterocycles. The Morgan fingerprint density at radius 2 is 1.00 bits per heavy atom. The fourth-order valence-electron chi connectivity index (χ4n) is 7.98. The molecular weight excluding hydrogens is 609 g/mol. The van der Waals surface area contributed by atoms with Gasteiger partial charge in [0.1, 0.15) is 11.2 Å². The second-order valence-electron chi connectivity index (χ2n) is 13.8. The highest BCUT2D eigenvalue weighted by Crippen LogP contribution is 2.50. The van der Waals surface area contributed by atoms with Crippen molar-refractivity contribution in [1.29, 1.82) is 0 Å². The van der Waals surface area contributed by atoms with Crippen molar-refractivity contribution >= 4 is 32.7 Å². The average Bonchev–Trinajstić information content (AvgIpc) is 3.66. The molecule has 0 saturated carbocycles. The number of hydrogen-bond acceptors (Lipinski definition) is 3. The summed E-state index contributed by atoms with van der Waals surface area (Å²) in [5.74, 6) is 0.701. The minimum atomic E-state index is -0.0639. The van der Waals surface area contributed by atoms with Gasteiger partial charge in [0, 0.05) is 32.9 Å². The van der Waals surface area contributed by atoms with Gasteiger partial charge in [0.2, 0.25) is 0 Å². The van der Waals surface area contributed by atoms with Crippen LogP contribution in [-0.2, 0) is 5.41 Å². The van der Waals surface area contributed by atoms with E-state index in [-0.39, 0.29) is 5.41 Å². The zero-order valence-electron chi connectivity index (χ0n) is 27.8. The fraction of sp³-hybridized carbons (Fsp3) is 0.0638. The first-order valence-corrected chi connectivity index (χ1v) is 17.2. The number of benzene rings is 7. The van der Waals surface area contributed by atoms with E-state index in [4.69, 9.17) is 14.4 Å². The lowest BCUT2D eigenvalue weighted by molar-refractivity contribution is 0.660. The molecule has 3 heteroatoms. The smallest absolute Gasteiger partial charge is 0.161 e. The van der Waals surface area contributed by atoms with Crippen molar-refractivity contribution in [2.24, 2.45) is 0 Å². The Hall–Kier alpha value is -6.32. The van der Waals surface area contributed by atoms with Crippen LogP contribution in [0.4, 0.5) is 0 Å². The molecule has 50 heavy (non-hydrogen) atoms. The summed E-state index contributed by atoms with van der Waals surface area (Å²) in [6.07, 6.45) is 0. The summed E-state index contributed by atoms with van der Waals surface area (Å²) in [6, 6.07) is 55.9. The van der Waals surface area contributed by atoms with E-state index in [9.17, 15) is 0 Å². The average molecular weight is 641 g/mol. The first-order chi connectivity index (χ1) is 24.5. The van der Waals surface area contributed by atoms with Crippen LogP contribution in [0.5, 0.6) is 0 Å². The topological polar surface area (TPSA) is 38.9 Å². The third-order valence-corrected chi connectivity index (χ3v) is 10.5. The van der Waals surface area contributed by atoms with E-state index in [0.717, 1.165) is 55.4 Å². The molecule has 3 nitrogen and oxygen atoms in total. The quantitative estimate of drug-likeness (QED) is 0.192. The van der Waals surface area contributed by atoms with Crippen molar-refractivity contribution < 1.29 is 4.42 Å². The second kappa shape index (κ2) is 10.8. The van der Waals surface area contributed by atoms with E-state index in [2.05, 4.69) is 153 Å². The Balaban J connectivity index is 1.15. The lowest BCUT2D eigenvalue weighted by Crippen LogP contribution is -2.14. The number of aromatic nitrogens is 2. The molecule has 1 aliphatic rings. The molecular formula is C47H32N2O. The highest BCUT2D eigenvalue weighted by Gasteiger charge is 2.35. The lowest BCUT2D eigenvalue weighted by atomic mass is 9.81. The van der Waals surface area contributed by atoms with Crippen LogP contribution < -0.4 is 0 Å². The predicted octanol–water partition coefficient (Wildman–Crippen LogP) is 12.5. The Morgan fingerprint density at radius 3 is 1.84 bits per heavy atom. The van der Waals surface area contributed by atoms with E-state index < -0.39 is 0 Å². The Bertz CT molecular complexity index is 2790. The molecule has 9 aromatic rings. The van der Waals surface area contributed by atoms with Gasteiger partial charge in [-0.3, -0.25) is 0 Å². The van der Waals surface area contributed by atoms with Gasteiger partial charge in [-0.1, -0.05) is 129 Å². The molecule has 0 N–H and O–H groups in total. The van der Waals surface area contributed by atoms with Crippen LogP contribution in [0.25, 0.3) is 88.9 Å². The largest absolute Gasteiger partial charge is 0.456 e. The van der Waals surface area contributed by atoms with Crippen molar-refractivity contribution in [3.8, 4) is 56.2 Å². The SMILES string of the molecule is CC1(C)c2ccccc2-c2ccc(-c3ccc(-c4nc(-c5ccccc5)cc(-c5ccc6oc7ccccc7c6c5)n4)c4ccccc34)cc21. The van der Waals surface area contributed by atoms with Crippen LogP contribution in [0.2, 0.25) is 0 Å². The first-order valence-electron chi connectivity index (χ1n) is 17.2. The van der Waals surface area contributed by atoms with Crippen molar-refractivity contribution in [2.45, 2.75) is 19.3 Å². The standard InChI is InChI=1S/C47H32N2O/c1-47(2)40-18-10-8-16-35(40)36-22-20-30(27-41(36)47)32-23-24-38(34-15-7-6-14-33(32)34)46-48-42(29-12-4-3-5-13-29)28-43(49-46)31-21-25-45-39(26-31)37-17-9-11-19-44(37)50-45/h3-28H,1-2H3. The number of para-hydroxylation sites is 1. The zero-order valence-corrected chi connectivity index (χ0v) is 27.8. The van der Waals surface area contributed by atoms with Gasteiger partial charge in [-0.2, -0.15) is 0 Å². The lowest BCUT2D eigenvalue weighted by Gasteiger charge is -2.22. The van der Waals surface area contributed by atoms with Crippen LogP contribution in [0, 0.1) is 0 Å². The van der Waals surface area contributed by atoms with Gasteiger partial charge in [0.15, 0.2) is 5.82 Å². The highest BCUT2D eigenvalue weighted by molar-refractivity contribution is 6.07. The molecule has 0 atom stereocenters. The fourth-order valence-corrected chi connectivity index (χ4v) is 7.98. The number of rotatable bonds is 4. The van der Waals surface area contributed by atoms with Crippen LogP contribution >= 0.6 is 0 Å². The van der Waals surface area contributed by atoms with Crippen molar-refractivity contribution in [1.82, 2.24) is 9.97 Å². The summed E-state index contributed by atoms with van der Waals surface area (Å²) in [6.45, 7) is 4.67. The molecule has 0 unspecified atom stereocenters. The molecule has 1 aliphatic carbocycles. The van der Waals surface area contributed by atoms with E-state index in [1.54, 1.807) is 0 Å². The van der Waals surface area contributed by atoms with Crippen LogP contribution in [0.1, 0.15) is 25.0 Å². The third-order valence-electron chi connectivity index (χ3n) is 10.5. The highest BCUT2D eigenvalue weighted by atomic mass is 16.3. The molecule has 0 bridgehead atoms. The van der Waals surface area contributed by atoms with E-state index in [0.29, 0.717) is 5.82 Å². The van der Waals surface area contributed by atoms with E-state index >= 15 is 0 Å². The normalized spacial score (nSPS) is 13.2. The van der Waals surface area contributed by atoms with Gasteiger partial charge in [0.05, 0.1) is 11.4 Å². The maximum absolute atomic E-state index is 6.14. The predicted molar refractivity (Wildman–Crippen MR) is 206 cm³/mol. The van der Waals surface area contributed by atoms with E-state index in [1.807, 2.05) is 18.2 Å². The first kappa shape index (κ1) is 28.7. The molecule has 7 aromatic carbocycles. The number of hydrogen-bond donors (Lipinski definition) is 0. The molecule has 0 saturated heterocycles. The molecule has 0 aliphatic heterocycles. The maximum Gasteiger partial charge on any atom is 0.161 e. The molecule has 0 amide bonds. The Labute approximate surface area is 290 Å². The molecule has 0 radical (unpaired) electrons. The molecule has 2 heterocycles. The third kappa shape index (κ3) is 4.37. The number of furan rings is 1. The summed E-state index contributed by atoms with van der Waals surface area (Å²) >= 11 is 0. The monoisotopic (exact) mass is 640 g/mol. The van der Waals surface area contributed by atoms with Gasteiger partial charge < -0.3 is 4.42 Å². The van der Waals surface area contributed by atoms with Gasteiger partial charge in [0.25, 0.3) is 0 Å². The van der Waals surface area contributed by atoms with Crippen molar-refractivity contribution in [2.75, 3.05) is 0 Å². The van der Waals surface area contributed by atoms with Crippen LogP contribution in [0.15, 0.2) is 162 Å². The van der Waals surface area contributed by atoms with Gasteiger partial charge in [-0.25, -0.2) is 9.97 Å².